The maximum absolute atomic E-state index is 13.2. The molecule has 1 saturated carbocycles. The van der Waals surface area contributed by atoms with Crippen LogP contribution in [0.3, 0.4) is 0 Å². The van der Waals surface area contributed by atoms with Crippen molar-refractivity contribution in [3.8, 4) is 23.3 Å². The molecule has 2 bridgehead atoms. The van der Waals surface area contributed by atoms with Gasteiger partial charge >= 0.3 is 0 Å². The summed E-state index contributed by atoms with van der Waals surface area (Å²) in [5.74, 6) is 6.13. The Bertz CT molecular complexity index is 1260. The van der Waals surface area contributed by atoms with Crippen molar-refractivity contribution in [3.05, 3.63) is 58.7 Å². The molecular weight excluding hydrogens is 428 g/mol. The van der Waals surface area contributed by atoms with Gasteiger partial charge in [0.2, 0.25) is 0 Å². The van der Waals surface area contributed by atoms with Crippen molar-refractivity contribution in [2.24, 2.45) is 0 Å². The topological polar surface area (TPSA) is 73.2 Å². The number of likely N-dealkylation sites (N-methyl/N-ethyl adjacent to an activating group) is 2. The van der Waals surface area contributed by atoms with Gasteiger partial charge in [0.15, 0.2) is 11.5 Å². The lowest BCUT2D eigenvalue weighted by atomic mass is 9.48. The highest BCUT2D eigenvalue weighted by Gasteiger charge is 2.73. The molecule has 5 atom stereocenters. The van der Waals surface area contributed by atoms with Crippen molar-refractivity contribution in [2.75, 3.05) is 20.6 Å². The molecule has 0 radical (unpaired) electrons. The predicted molar refractivity (Wildman–Crippen MR) is 128 cm³/mol. The van der Waals surface area contributed by atoms with Crippen LogP contribution < -0.4 is 4.74 Å². The van der Waals surface area contributed by atoms with E-state index in [1.165, 1.54) is 0 Å². The van der Waals surface area contributed by atoms with Crippen LogP contribution in [0.2, 0.25) is 0 Å². The first kappa shape index (κ1) is 21.5. The highest BCUT2D eigenvalue weighted by Crippen LogP contribution is 2.65. The van der Waals surface area contributed by atoms with E-state index in [0.29, 0.717) is 18.6 Å². The van der Waals surface area contributed by atoms with Crippen molar-refractivity contribution in [2.45, 2.75) is 61.8 Å². The van der Waals surface area contributed by atoms with Gasteiger partial charge in [0, 0.05) is 30.1 Å². The average molecular weight is 459 g/mol. The first-order chi connectivity index (χ1) is 16.3. The van der Waals surface area contributed by atoms with Crippen LogP contribution in [0.5, 0.6) is 11.5 Å². The van der Waals surface area contributed by atoms with Gasteiger partial charge in [-0.2, -0.15) is 0 Å². The molecule has 1 saturated heterocycles. The maximum atomic E-state index is 13.2. The largest absolute Gasteiger partial charge is 0.504 e. The second-order valence-corrected chi connectivity index (χ2v) is 10.5. The molecule has 1 spiro atoms. The van der Waals surface area contributed by atoms with E-state index in [9.17, 15) is 15.0 Å². The third-order valence-electron chi connectivity index (χ3n) is 8.85. The number of piperidine rings is 1. The lowest BCUT2D eigenvalue weighted by Crippen LogP contribution is -2.77. The van der Waals surface area contributed by atoms with Crippen LogP contribution in [0, 0.1) is 18.8 Å². The summed E-state index contributed by atoms with van der Waals surface area (Å²) in [6, 6.07) is 11.2. The molecule has 2 aromatic carbocycles. The molecule has 2 aromatic rings. The number of phenols is 1. The molecule has 4 aliphatic rings. The van der Waals surface area contributed by atoms with Crippen molar-refractivity contribution < 1.29 is 19.7 Å². The zero-order chi connectivity index (χ0) is 23.8. The van der Waals surface area contributed by atoms with E-state index < -0.39 is 17.1 Å². The molecule has 6 nitrogen and oxygen atoms in total. The van der Waals surface area contributed by atoms with Gasteiger partial charge in [-0.05, 0) is 75.5 Å². The number of hydrogen-bond donors (Lipinski definition) is 2. The van der Waals surface area contributed by atoms with Gasteiger partial charge in [0.1, 0.15) is 6.10 Å². The summed E-state index contributed by atoms with van der Waals surface area (Å²) in [4.78, 5) is 17.1. The van der Waals surface area contributed by atoms with Crippen molar-refractivity contribution >= 4 is 5.91 Å². The van der Waals surface area contributed by atoms with Gasteiger partial charge in [-0.1, -0.05) is 24.1 Å². The Labute approximate surface area is 200 Å². The van der Waals surface area contributed by atoms with E-state index in [0.717, 1.165) is 41.6 Å². The number of benzene rings is 2. The fourth-order valence-electron chi connectivity index (χ4n) is 7.21. The number of aliphatic hydroxyl groups is 1. The van der Waals surface area contributed by atoms with Crippen LogP contribution in [0.15, 0.2) is 36.4 Å². The molecule has 1 amide bonds. The number of rotatable bonds is 1. The lowest BCUT2D eigenvalue weighted by molar-refractivity contribution is -0.195. The summed E-state index contributed by atoms with van der Waals surface area (Å²) >= 11 is 0. The number of amides is 1. The van der Waals surface area contributed by atoms with Crippen molar-refractivity contribution in [1.29, 1.82) is 0 Å². The van der Waals surface area contributed by atoms with Gasteiger partial charge in [-0.15, -0.1) is 0 Å². The smallest absolute Gasteiger partial charge is 0.298 e. The summed E-state index contributed by atoms with van der Waals surface area (Å²) < 4.78 is 6.50. The quantitative estimate of drug-likeness (QED) is 0.642. The maximum Gasteiger partial charge on any atom is 0.298 e. The third kappa shape index (κ3) is 2.68. The fourth-order valence-corrected chi connectivity index (χ4v) is 7.21. The number of ether oxygens (including phenoxy) is 1. The van der Waals surface area contributed by atoms with Gasteiger partial charge in [-0.25, -0.2) is 0 Å². The molecule has 2 N–H and O–H groups in total. The van der Waals surface area contributed by atoms with E-state index in [-0.39, 0.29) is 23.7 Å². The summed E-state index contributed by atoms with van der Waals surface area (Å²) in [6.45, 7) is 2.83. The highest BCUT2D eigenvalue weighted by molar-refractivity contribution is 5.94. The SMILES string of the molecule is Cc1cccc(C#CC(=O)N(C)[C@@H]2CC[C@@]3(O)[C@H]4Cc5ccc(O)c6c5[C@@]3(CCN4C)[C@H]2O6)c1. The first-order valence-corrected chi connectivity index (χ1v) is 12.1. The summed E-state index contributed by atoms with van der Waals surface area (Å²) in [5.41, 5.74) is 2.38. The predicted octanol–water partition coefficient (Wildman–Crippen LogP) is 2.36. The average Bonchev–Trinajstić information content (AvgIpc) is 3.17. The van der Waals surface area contributed by atoms with Gasteiger partial charge in [0.05, 0.1) is 17.1 Å². The minimum atomic E-state index is -0.968. The molecule has 2 heterocycles. The van der Waals surface area contributed by atoms with Crippen LogP contribution in [0.25, 0.3) is 0 Å². The van der Waals surface area contributed by atoms with E-state index >= 15 is 0 Å². The molecule has 2 aliphatic heterocycles. The lowest BCUT2D eigenvalue weighted by Gasteiger charge is -2.64. The number of hydrogen-bond acceptors (Lipinski definition) is 5. The van der Waals surface area contributed by atoms with E-state index in [1.807, 2.05) is 37.3 Å². The van der Waals surface area contributed by atoms with E-state index in [2.05, 4.69) is 23.8 Å². The molecule has 0 unspecified atom stereocenters. The van der Waals surface area contributed by atoms with Gasteiger partial charge in [-0.3, -0.25) is 4.79 Å². The molecular formula is C28H30N2O4. The molecule has 2 fully saturated rings. The Morgan fingerprint density at radius 1 is 1.26 bits per heavy atom. The Morgan fingerprint density at radius 2 is 2.09 bits per heavy atom. The number of aromatic hydroxyl groups is 1. The van der Waals surface area contributed by atoms with Crippen molar-refractivity contribution in [1.82, 2.24) is 9.80 Å². The standard InChI is InChI=1S/C28H30N2O4/c1-17-5-4-6-18(15-17)7-10-23(32)30(3)20-11-12-28(33)22-16-19-8-9-21(31)25-24(19)27(28,26(20)34-25)13-14-29(22)2/h4-6,8-9,15,20,22,26,31,33H,11-14,16H2,1-3H3/t20-,22-,26+,27+,28-/m1/s1. The van der Waals surface area contributed by atoms with Crippen LogP contribution >= 0.6 is 0 Å². The normalized spacial score (nSPS) is 32.8. The highest BCUT2D eigenvalue weighted by atomic mass is 16.5. The molecule has 6 heteroatoms. The molecule has 0 aromatic heterocycles. The monoisotopic (exact) mass is 458 g/mol. The Morgan fingerprint density at radius 3 is 2.88 bits per heavy atom. The molecule has 34 heavy (non-hydrogen) atoms. The number of carbonyl (C=O) groups is 1. The Kier molecular flexibility index (Phi) is 4.58. The minimum Gasteiger partial charge on any atom is -0.504 e. The minimum absolute atomic E-state index is 0.0154. The first-order valence-electron chi connectivity index (χ1n) is 12.1. The summed E-state index contributed by atoms with van der Waals surface area (Å²) in [7, 11) is 3.86. The van der Waals surface area contributed by atoms with Crippen molar-refractivity contribution in [3.63, 3.8) is 0 Å². The third-order valence-corrected chi connectivity index (χ3v) is 8.85. The zero-order valence-corrected chi connectivity index (χ0v) is 19.8. The van der Waals surface area contributed by atoms with Crippen LogP contribution in [-0.4, -0.2) is 70.3 Å². The van der Waals surface area contributed by atoms with Crippen LogP contribution in [-0.2, 0) is 16.6 Å². The Balaban J connectivity index is 1.40. The summed E-state index contributed by atoms with van der Waals surface area (Å²) in [5, 5.41) is 22.9. The second kappa shape index (κ2) is 7.24. The Hall–Kier alpha value is -3.01. The molecule has 2 aliphatic carbocycles. The van der Waals surface area contributed by atoms with E-state index in [1.54, 1.807) is 18.0 Å². The molecule has 176 valence electrons. The number of phenolic OH excluding ortho intramolecular Hbond substituents is 1. The fraction of sp³-hybridized carbons (Fsp3) is 0.464. The van der Waals surface area contributed by atoms with Crippen LogP contribution in [0.1, 0.15) is 41.5 Å². The number of likely N-dealkylation sites (tertiary alicyclic amines) is 1. The van der Waals surface area contributed by atoms with E-state index in [4.69, 9.17) is 4.74 Å². The number of aryl methyl sites for hydroxylation is 1. The van der Waals surface area contributed by atoms with Crippen LogP contribution in [0.4, 0.5) is 0 Å². The molecule has 6 rings (SSSR count). The second-order valence-electron chi connectivity index (χ2n) is 10.5. The number of carbonyl (C=O) groups excluding carboxylic acids is 1. The van der Waals surface area contributed by atoms with Gasteiger partial charge in [0.25, 0.3) is 5.91 Å². The van der Waals surface area contributed by atoms with Gasteiger partial charge < -0.3 is 24.7 Å². The zero-order valence-electron chi connectivity index (χ0n) is 19.8. The summed E-state index contributed by atoms with van der Waals surface area (Å²) in [6.07, 6.45) is 2.21. The number of nitrogens with zero attached hydrogens (tertiary/aromatic N) is 2.